The van der Waals surface area contributed by atoms with Gasteiger partial charge in [-0.3, -0.25) is 14.9 Å². The molecule has 2 amide bonds. The Labute approximate surface area is 179 Å². The third kappa shape index (κ3) is 4.66. The second-order valence-electron chi connectivity index (χ2n) is 7.14. The number of hydrogen-bond donors (Lipinski definition) is 2. The lowest BCUT2D eigenvalue weighted by Crippen LogP contribution is -2.29. The highest BCUT2D eigenvalue weighted by molar-refractivity contribution is 5.92. The van der Waals surface area contributed by atoms with E-state index in [1.54, 1.807) is 10.7 Å². The molecule has 0 unspecified atom stereocenters. The van der Waals surface area contributed by atoms with Gasteiger partial charge in [0, 0.05) is 5.69 Å². The van der Waals surface area contributed by atoms with E-state index in [2.05, 4.69) is 20.7 Å². The molecule has 31 heavy (non-hydrogen) atoms. The zero-order valence-electron chi connectivity index (χ0n) is 17.3. The predicted octanol–water partition coefficient (Wildman–Crippen LogP) is 2.93. The highest BCUT2D eigenvalue weighted by atomic mass is 16.5. The number of nitrogens with zero attached hydrogens (tertiary/aromatic N) is 3. The van der Waals surface area contributed by atoms with E-state index in [0.29, 0.717) is 29.7 Å². The lowest BCUT2D eigenvalue weighted by Gasteiger charge is -2.24. The first kappa shape index (κ1) is 20.4. The molecule has 0 spiro atoms. The summed E-state index contributed by atoms with van der Waals surface area (Å²) in [4.78, 5) is 28.4. The smallest absolute Gasteiger partial charge is 0.262 e. The third-order valence-corrected chi connectivity index (χ3v) is 4.81. The van der Waals surface area contributed by atoms with Crippen LogP contribution in [-0.2, 0) is 9.59 Å². The summed E-state index contributed by atoms with van der Waals surface area (Å²) in [6, 6.07) is 12.6. The monoisotopic (exact) mass is 421 g/mol. The van der Waals surface area contributed by atoms with Crippen LogP contribution in [0.25, 0.3) is 0 Å². The van der Waals surface area contributed by atoms with Crippen LogP contribution in [0.1, 0.15) is 30.5 Å². The van der Waals surface area contributed by atoms with Gasteiger partial charge < -0.3 is 14.8 Å². The van der Waals surface area contributed by atoms with Gasteiger partial charge in [0.15, 0.2) is 18.1 Å². The topological polar surface area (TPSA) is 107 Å². The molecule has 0 saturated heterocycles. The molecule has 2 heterocycles. The first-order valence-corrected chi connectivity index (χ1v) is 9.99. The molecule has 160 valence electrons. The normalized spacial score (nSPS) is 15.0. The maximum atomic E-state index is 12.3. The number of anilines is 2. The van der Waals surface area contributed by atoms with E-state index in [9.17, 15) is 9.59 Å². The largest absolute Gasteiger partial charge is 0.490 e. The molecule has 0 saturated carbocycles. The van der Waals surface area contributed by atoms with Crippen molar-refractivity contribution in [1.29, 1.82) is 0 Å². The molecular formula is C22H23N5O4. The molecule has 9 nitrogen and oxygen atoms in total. The Hall–Kier alpha value is -3.88. The Bertz CT molecular complexity index is 1110. The van der Waals surface area contributed by atoms with Gasteiger partial charge in [0.1, 0.15) is 6.33 Å². The first-order chi connectivity index (χ1) is 15.0. The number of benzene rings is 2. The van der Waals surface area contributed by atoms with Crippen molar-refractivity contribution in [2.45, 2.75) is 26.3 Å². The van der Waals surface area contributed by atoms with Crippen molar-refractivity contribution < 1.29 is 19.1 Å². The summed E-state index contributed by atoms with van der Waals surface area (Å²) in [5.41, 5.74) is 2.61. The van der Waals surface area contributed by atoms with Crippen molar-refractivity contribution in [3.63, 3.8) is 0 Å². The van der Waals surface area contributed by atoms with Gasteiger partial charge in [0.25, 0.3) is 5.91 Å². The molecule has 0 bridgehead atoms. The highest BCUT2D eigenvalue weighted by Gasteiger charge is 2.28. The molecule has 1 aliphatic rings. The molecule has 2 N–H and O–H groups in total. The number of hydrogen-bond acceptors (Lipinski definition) is 6. The van der Waals surface area contributed by atoms with Crippen LogP contribution in [0.15, 0.2) is 48.8 Å². The van der Waals surface area contributed by atoms with Gasteiger partial charge in [0.2, 0.25) is 11.9 Å². The quantitative estimate of drug-likeness (QED) is 0.607. The van der Waals surface area contributed by atoms with Crippen LogP contribution in [0.4, 0.5) is 11.6 Å². The summed E-state index contributed by atoms with van der Waals surface area (Å²) in [5, 5.41) is 9.73. The van der Waals surface area contributed by atoms with E-state index in [1.165, 1.54) is 6.33 Å². The fraction of sp³-hybridized carbons (Fsp3) is 0.273. The molecule has 4 rings (SSSR count). The van der Waals surface area contributed by atoms with Gasteiger partial charge in [0.05, 0.1) is 19.1 Å². The lowest BCUT2D eigenvalue weighted by molar-refractivity contribution is -0.118. The number of aryl methyl sites for hydroxylation is 1. The second-order valence-corrected chi connectivity index (χ2v) is 7.14. The number of amides is 2. The minimum Gasteiger partial charge on any atom is -0.490 e. The first-order valence-electron chi connectivity index (χ1n) is 9.99. The van der Waals surface area contributed by atoms with Crippen LogP contribution in [0.2, 0.25) is 0 Å². The van der Waals surface area contributed by atoms with Gasteiger partial charge in [-0.2, -0.15) is 10.1 Å². The second kappa shape index (κ2) is 8.86. The molecule has 3 aromatic rings. The maximum absolute atomic E-state index is 12.3. The number of ether oxygens (including phenoxy) is 2. The summed E-state index contributed by atoms with van der Waals surface area (Å²) in [7, 11) is 0. The van der Waals surface area contributed by atoms with Crippen molar-refractivity contribution in [3.05, 3.63) is 59.9 Å². The number of rotatable bonds is 7. The molecule has 1 atom stereocenters. The average Bonchev–Trinajstić information content (AvgIpc) is 3.21. The van der Waals surface area contributed by atoms with E-state index in [4.69, 9.17) is 9.47 Å². The summed E-state index contributed by atoms with van der Waals surface area (Å²) >= 11 is 0. The Kier molecular flexibility index (Phi) is 5.83. The Morgan fingerprint density at radius 3 is 2.90 bits per heavy atom. The lowest BCUT2D eigenvalue weighted by atomic mass is 10.0. The van der Waals surface area contributed by atoms with Crippen LogP contribution in [0, 0.1) is 6.92 Å². The molecule has 0 fully saturated rings. The van der Waals surface area contributed by atoms with E-state index < -0.39 is 0 Å². The standard InChI is InChI=1S/C22H23N5O4/c1-3-30-19-10-15(17-11-20(28)26-22-23-13-24-27(17)22)7-8-18(19)31-12-21(29)25-16-6-4-5-14(2)9-16/h4-10,13,17H,3,11-12H2,1-2H3,(H,25,29)(H,23,24,26,28)/t17-/m0/s1. The molecule has 0 radical (unpaired) electrons. The van der Waals surface area contributed by atoms with E-state index in [0.717, 1.165) is 11.1 Å². The van der Waals surface area contributed by atoms with Crippen molar-refractivity contribution in [2.24, 2.45) is 0 Å². The van der Waals surface area contributed by atoms with Crippen LogP contribution >= 0.6 is 0 Å². The van der Waals surface area contributed by atoms with Gasteiger partial charge >= 0.3 is 0 Å². The number of carbonyl (C=O) groups is 2. The van der Waals surface area contributed by atoms with E-state index in [1.807, 2.05) is 50.2 Å². The Morgan fingerprint density at radius 2 is 2.10 bits per heavy atom. The number of aromatic nitrogens is 3. The minimum atomic E-state index is -0.302. The zero-order valence-corrected chi connectivity index (χ0v) is 17.3. The maximum Gasteiger partial charge on any atom is 0.262 e. The van der Waals surface area contributed by atoms with Crippen molar-refractivity contribution in [1.82, 2.24) is 14.8 Å². The molecule has 2 aromatic carbocycles. The van der Waals surface area contributed by atoms with E-state index >= 15 is 0 Å². The number of fused-ring (bicyclic) bond motifs is 1. The average molecular weight is 421 g/mol. The van der Waals surface area contributed by atoms with Gasteiger partial charge in [-0.15, -0.1) is 0 Å². The molecular weight excluding hydrogens is 398 g/mol. The van der Waals surface area contributed by atoms with Crippen LogP contribution in [0.3, 0.4) is 0 Å². The SMILES string of the molecule is CCOc1cc([C@@H]2CC(=O)Nc3ncnn32)ccc1OCC(=O)Nc1cccc(C)c1. The summed E-state index contributed by atoms with van der Waals surface area (Å²) in [6.45, 7) is 4.09. The molecule has 1 aliphatic heterocycles. The van der Waals surface area contributed by atoms with E-state index in [-0.39, 0.29) is 30.9 Å². The molecule has 1 aromatic heterocycles. The zero-order chi connectivity index (χ0) is 21.8. The number of carbonyl (C=O) groups excluding carboxylic acids is 2. The van der Waals surface area contributed by atoms with Gasteiger partial charge in [-0.1, -0.05) is 18.2 Å². The third-order valence-electron chi connectivity index (χ3n) is 4.81. The van der Waals surface area contributed by atoms with Crippen molar-refractivity contribution in [2.75, 3.05) is 23.8 Å². The van der Waals surface area contributed by atoms with Crippen LogP contribution < -0.4 is 20.1 Å². The van der Waals surface area contributed by atoms with Crippen molar-refractivity contribution >= 4 is 23.5 Å². The Balaban J connectivity index is 1.49. The highest BCUT2D eigenvalue weighted by Crippen LogP contribution is 2.35. The predicted molar refractivity (Wildman–Crippen MR) is 114 cm³/mol. The summed E-state index contributed by atoms with van der Waals surface area (Å²) in [6.07, 6.45) is 1.64. The number of nitrogens with one attached hydrogen (secondary N) is 2. The summed E-state index contributed by atoms with van der Waals surface area (Å²) < 4.78 is 13.1. The molecule has 9 heteroatoms. The van der Waals surface area contributed by atoms with Crippen LogP contribution in [-0.4, -0.2) is 39.8 Å². The summed E-state index contributed by atoms with van der Waals surface area (Å²) in [5.74, 6) is 0.956. The minimum absolute atomic E-state index is 0.128. The van der Waals surface area contributed by atoms with Gasteiger partial charge in [-0.05, 0) is 49.2 Å². The Morgan fingerprint density at radius 1 is 1.23 bits per heavy atom. The van der Waals surface area contributed by atoms with Crippen molar-refractivity contribution in [3.8, 4) is 11.5 Å². The van der Waals surface area contributed by atoms with Gasteiger partial charge in [-0.25, -0.2) is 4.68 Å². The molecule has 0 aliphatic carbocycles. The fourth-order valence-electron chi connectivity index (χ4n) is 3.45. The van der Waals surface area contributed by atoms with Crippen LogP contribution in [0.5, 0.6) is 11.5 Å². The fourth-order valence-corrected chi connectivity index (χ4v) is 3.45.